The quantitative estimate of drug-likeness (QED) is 0.848. The molecule has 0 radical (unpaired) electrons. The highest BCUT2D eigenvalue weighted by Gasteiger charge is 2.23. The first kappa shape index (κ1) is 18.3. The van der Waals surface area contributed by atoms with Gasteiger partial charge in [-0.2, -0.15) is 0 Å². The van der Waals surface area contributed by atoms with Crippen molar-refractivity contribution in [2.45, 2.75) is 44.9 Å². The lowest BCUT2D eigenvalue weighted by molar-refractivity contribution is -0.128. The smallest absolute Gasteiger partial charge is 0.260 e. The second-order valence-corrected chi connectivity index (χ2v) is 6.21. The van der Waals surface area contributed by atoms with E-state index in [0.717, 1.165) is 23.9 Å². The van der Waals surface area contributed by atoms with Crippen molar-refractivity contribution in [1.82, 2.24) is 10.6 Å². The van der Waals surface area contributed by atoms with E-state index in [1.54, 1.807) is 6.92 Å². The summed E-state index contributed by atoms with van der Waals surface area (Å²) in [4.78, 5) is 12.1. The van der Waals surface area contributed by atoms with Gasteiger partial charge in [-0.05, 0) is 57.5 Å². The molecule has 0 spiro atoms. The van der Waals surface area contributed by atoms with Crippen molar-refractivity contribution < 1.29 is 9.53 Å². The largest absolute Gasteiger partial charge is 0.481 e. The molecule has 1 aromatic rings. The average molecular weight is 378 g/mol. The van der Waals surface area contributed by atoms with Crippen LogP contribution in [-0.4, -0.2) is 30.6 Å². The summed E-state index contributed by atoms with van der Waals surface area (Å²) in [6.07, 6.45) is 1.46. The lowest BCUT2D eigenvalue weighted by Gasteiger charge is -2.29. The minimum atomic E-state index is -0.485. The van der Waals surface area contributed by atoms with E-state index in [4.69, 9.17) is 4.74 Å². The van der Waals surface area contributed by atoms with E-state index in [-0.39, 0.29) is 24.4 Å². The summed E-state index contributed by atoms with van der Waals surface area (Å²) in [6, 6.07) is 8.19. The maximum atomic E-state index is 12.1. The Morgan fingerprint density at radius 3 is 2.71 bits per heavy atom. The van der Waals surface area contributed by atoms with Crippen LogP contribution in [0.1, 0.15) is 26.7 Å². The normalized spacial score (nSPS) is 22.8. The Morgan fingerprint density at radius 2 is 2.10 bits per heavy atom. The fourth-order valence-corrected chi connectivity index (χ4v) is 2.62. The van der Waals surface area contributed by atoms with Gasteiger partial charge in [0.05, 0.1) is 0 Å². The van der Waals surface area contributed by atoms with Crippen molar-refractivity contribution in [3.05, 3.63) is 28.7 Å². The topological polar surface area (TPSA) is 50.4 Å². The van der Waals surface area contributed by atoms with Crippen LogP contribution in [0.2, 0.25) is 0 Å². The molecule has 3 unspecified atom stereocenters. The van der Waals surface area contributed by atoms with Gasteiger partial charge in [0.25, 0.3) is 5.91 Å². The molecule has 1 aliphatic heterocycles. The molecule has 1 saturated heterocycles. The van der Waals surface area contributed by atoms with Crippen molar-refractivity contribution in [2.24, 2.45) is 0 Å². The zero-order chi connectivity index (χ0) is 14.5. The number of amides is 1. The maximum Gasteiger partial charge on any atom is 0.260 e. The number of rotatable bonds is 4. The Balaban J connectivity index is 0.00000220. The van der Waals surface area contributed by atoms with Gasteiger partial charge in [0, 0.05) is 16.6 Å². The summed E-state index contributed by atoms with van der Waals surface area (Å²) in [5.74, 6) is 0.654. The van der Waals surface area contributed by atoms with E-state index in [9.17, 15) is 4.79 Å². The number of carbonyl (C=O) groups excluding carboxylic acids is 1. The molecule has 2 N–H and O–H groups in total. The molecule has 1 heterocycles. The van der Waals surface area contributed by atoms with Crippen molar-refractivity contribution >= 4 is 34.2 Å². The molecule has 1 aliphatic rings. The monoisotopic (exact) mass is 376 g/mol. The van der Waals surface area contributed by atoms with Crippen molar-refractivity contribution in [1.29, 1.82) is 0 Å². The van der Waals surface area contributed by atoms with Crippen LogP contribution in [0.25, 0.3) is 0 Å². The predicted octanol–water partition coefficient (Wildman–Crippen LogP) is 2.89. The highest BCUT2D eigenvalue weighted by Crippen LogP contribution is 2.17. The minimum absolute atomic E-state index is 0. The van der Waals surface area contributed by atoms with Gasteiger partial charge in [-0.3, -0.25) is 4.79 Å². The second-order valence-electron chi connectivity index (χ2n) is 5.30. The van der Waals surface area contributed by atoms with Gasteiger partial charge in [0.15, 0.2) is 6.10 Å². The zero-order valence-corrected chi connectivity index (χ0v) is 14.7. The third-order valence-corrected chi connectivity index (χ3v) is 3.99. The molecule has 4 nitrogen and oxygen atoms in total. The Morgan fingerprint density at radius 1 is 1.43 bits per heavy atom. The van der Waals surface area contributed by atoms with Crippen molar-refractivity contribution in [2.75, 3.05) is 6.54 Å². The number of piperidine rings is 1. The molecule has 6 heteroatoms. The van der Waals surface area contributed by atoms with Gasteiger partial charge < -0.3 is 15.4 Å². The summed E-state index contributed by atoms with van der Waals surface area (Å²) in [5.41, 5.74) is 0. The Kier molecular flexibility index (Phi) is 7.49. The summed E-state index contributed by atoms with van der Waals surface area (Å²) >= 11 is 3.37. The van der Waals surface area contributed by atoms with Crippen LogP contribution in [0, 0.1) is 0 Å². The maximum absolute atomic E-state index is 12.1. The Hall–Kier alpha value is -0.780. The zero-order valence-electron chi connectivity index (χ0n) is 12.3. The molecule has 3 atom stereocenters. The molecular weight excluding hydrogens is 356 g/mol. The number of hydrogen-bond acceptors (Lipinski definition) is 3. The lowest BCUT2D eigenvalue weighted by Crippen LogP contribution is -2.49. The number of hydrogen-bond donors (Lipinski definition) is 2. The van der Waals surface area contributed by atoms with E-state index in [2.05, 4.69) is 33.5 Å². The fourth-order valence-electron chi connectivity index (χ4n) is 2.35. The first-order valence-electron chi connectivity index (χ1n) is 7.00. The first-order valence-corrected chi connectivity index (χ1v) is 7.80. The van der Waals surface area contributed by atoms with Crippen molar-refractivity contribution in [3.63, 3.8) is 0 Å². The van der Waals surface area contributed by atoms with Gasteiger partial charge in [-0.15, -0.1) is 12.4 Å². The van der Waals surface area contributed by atoms with Crippen LogP contribution in [0.4, 0.5) is 0 Å². The molecule has 0 aliphatic carbocycles. The van der Waals surface area contributed by atoms with Crippen LogP contribution < -0.4 is 15.4 Å². The van der Waals surface area contributed by atoms with Gasteiger partial charge in [0.1, 0.15) is 5.75 Å². The molecule has 0 saturated carbocycles. The molecular formula is C15H22BrClN2O2. The fraction of sp³-hybridized carbons (Fsp3) is 0.533. The van der Waals surface area contributed by atoms with Crippen LogP contribution in [-0.2, 0) is 4.79 Å². The van der Waals surface area contributed by atoms with Gasteiger partial charge in [-0.25, -0.2) is 0 Å². The lowest BCUT2D eigenvalue weighted by atomic mass is 10.0. The average Bonchev–Trinajstić information content (AvgIpc) is 2.41. The Bertz CT molecular complexity index is 455. The van der Waals surface area contributed by atoms with Gasteiger partial charge in [-0.1, -0.05) is 15.9 Å². The van der Waals surface area contributed by atoms with Gasteiger partial charge >= 0.3 is 0 Å². The molecule has 0 aromatic heterocycles. The SMILES string of the molecule is CC1CC(NC(=O)C(C)Oc2ccc(Br)cc2)CCN1.Cl. The third kappa shape index (κ3) is 5.85. The highest BCUT2D eigenvalue weighted by molar-refractivity contribution is 9.10. The van der Waals surface area contributed by atoms with Gasteiger partial charge in [0.2, 0.25) is 0 Å². The standard InChI is InChI=1S/C15H21BrN2O2.ClH/c1-10-9-13(7-8-17-10)18-15(19)11(2)20-14-5-3-12(16)4-6-14;/h3-6,10-11,13,17H,7-9H2,1-2H3,(H,18,19);1H. The number of nitrogens with one attached hydrogen (secondary N) is 2. The summed E-state index contributed by atoms with van der Waals surface area (Å²) in [7, 11) is 0. The van der Waals surface area contributed by atoms with E-state index >= 15 is 0 Å². The van der Waals surface area contributed by atoms with E-state index in [0.29, 0.717) is 11.8 Å². The molecule has 1 fully saturated rings. The molecule has 1 aromatic carbocycles. The second kappa shape index (κ2) is 8.61. The van der Waals surface area contributed by atoms with Crippen molar-refractivity contribution in [3.8, 4) is 5.75 Å². The van der Waals surface area contributed by atoms with Crippen LogP contribution in [0.3, 0.4) is 0 Å². The number of ether oxygens (including phenoxy) is 1. The molecule has 21 heavy (non-hydrogen) atoms. The first-order chi connectivity index (χ1) is 9.54. The highest BCUT2D eigenvalue weighted by atomic mass is 79.9. The molecule has 0 bridgehead atoms. The molecule has 1 amide bonds. The van der Waals surface area contributed by atoms with Crippen LogP contribution in [0.5, 0.6) is 5.75 Å². The summed E-state index contributed by atoms with van der Waals surface area (Å²) in [6.45, 7) is 4.87. The van der Waals surface area contributed by atoms with E-state index in [1.807, 2.05) is 24.3 Å². The minimum Gasteiger partial charge on any atom is -0.481 e. The number of halogens is 2. The molecule has 118 valence electrons. The predicted molar refractivity (Wildman–Crippen MR) is 90.1 cm³/mol. The van der Waals surface area contributed by atoms with Crippen LogP contribution in [0.15, 0.2) is 28.7 Å². The number of carbonyl (C=O) groups is 1. The number of benzene rings is 1. The molecule has 2 rings (SSSR count). The summed E-state index contributed by atoms with van der Waals surface area (Å²) < 4.78 is 6.64. The van der Waals surface area contributed by atoms with Crippen LogP contribution >= 0.6 is 28.3 Å². The Labute approximate surface area is 140 Å². The third-order valence-electron chi connectivity index (χ3n) is 3.47. The van der Waals surface area contributed by atoms with E-state index < -0.39 is 6.10 Å². The summed E-state index contributed by atoms with van der Waals surface area (Å²) in [5, 5.41) is 6.44. The van der Waals surface area contributed by atoms with E-state index in [1.165, 1.54) is 0 Å².